The van der Waals surface area contributed by atoms with Gasteiger partial charge in [-0.1, -0.05) is 41.7 Å². The maximum absolute atomic E-state index is 8.32. The van der Waals surface area contributed by atoms with Crippen molar-refractivity contribution in [2.75, 3.05) is 0 Å². The highest BCUT2D eigenvalue weighted by Gasteiger charge is 2.01. The van der Waals surface area contributed by atoms with Crippen molar-refractivity contribution < 1.29 is 0 Å². The highest BCUT2D eigenvalue weighted by atomic mass is 15.3. The second kappa shape index (κ2) is 6.66. The van der Waals surface area contributed by atoms with E-state index in [4.69, 9.17) is 10.9 Å². The maximum Gasteiger partial charge on any atom is 0.339 e. The quantitative estimate of drug-likeness (QED) is 0.459. The summed E-state index contributed by atoms with van der Waals surface area (Å²) in [7, 11) is 0. The molecule has 0 radical (unpaired) electrons. The van der Waals surface area contributed by atoms with Gasteiger partial charge in [-0.25, -0.2) is 0 Å². The van der Waals surface area contributed by atoms with Crippen molar-refractivity contribution in [3.63, 3.8) is 0 Å². The number of nitrogens with one attached hydrogen (secondary N) is 1. The zero-order valence-electron chi connectivity index (χ0n) is 10.5. The van der Waals surface area contributed by atoms with Crippen LogP contribution >= 0.6 is 0 Å². The number of diazo groups is 1. The molecular formula is C14H11N6+. The van der Waals surface area contributed by atoms with Crippen molar-refractivity contribution in [3.8, 4) is 0 Å². The minimum absolute atomic E-state index is 0.592. The monoisotopic (exact) mass is 263 g/mol. The SMILES string of the molecule is N#[N+]N=C1C=CC(=CC=C2C=CC(=NN=N)C=C2)C=C1. The number of nitrogens with zero attached hydrogens (tertiary/aromatic N) is 5. The van der Waals surface area contributed by atoms with Crippen LogP contribution in [-0.2, 0) is 0 Å². The second-order valence-corrected chi connectivity index (χ2v) is 3.91. The molecule has 0 amide bonds. The number of hydrogen-bond donors (Lipinski definition) is 1. The Morgan fingerprint density at radius 2 is 1.35 bits per heavy atom. The van der Waals surface area contributed by atoms with Crippen molar-refractivity contribution in [3.05, 3.63) is 77.0 Å². The molecule has 0 fully saturated rings. The van der Waals surface area contributed by atoms with E-state index in [0.717, 1.165) is 11.1 Å². The fourth-order valence-corrected chi connectivity index (χ4v) is 1.61. The fourth-order valence-electron chi connectivity index (χ4n) is 1.61. The van der Waals surface area contributed by atoms with E-state index < -0.39 is 0 Å². The van der Waals surface area contributed by atoms with E-state index in [-0.39, 0.29) is 0 Å². The average molecular weight is 263 g/mol. The third kappa shape index (κ3) is 3.65. The number of allylic oxidation sites excluding steroid dienone is 12. The summed E-state index contributed by atoms with van der Waals surface area (Å²) < 4.78 is 0. The van der Waals surface area contributed by atoms with Gasteiger partial charge in [0.2, 0.25) is 0 Å². The summed E-state index contributed by atoms with van der Waals surface area (Å²) in [6, 6.07) is 0. The third-order valence-corrected chi connectivity index (χ3v) is 2.58. The summed E-state index contributed by atoms with van der Waals surface area (Å²) >= 11 is 0. The Bertz CT molecular complexity index is 654. The van der Waals surface area contributed by atoms with Crippen LogP contribution in [0.1, 0.15) is 0 Å². The molecule has 0 atom stereocenters. The van der Waals surface area contributed by atoms with Crippen molar-refractivity contribution >= 4 is 11.4 Å². The molecule has 0 spiro atoms. The second-order valence-electron chi connectivity index (χ2n) is 3.91. The van der Waals surface area contributed by atoms with Crippen LogP contribution in [0.25, 0.3) is 5.08 Å². The van der Waals surface area contributed by atoms with Crippen LogP contribution in [0.5, 0.6) is 0 Å². The number of rotatable bonds is 2. The Balaban J connectivity index is 2.07. The van der Waals surface area contributed by atoms with Gasteiger partial charge in [-0.3, -0.25) is 0 Å². The van der Waals surface area contributed by atoms with Gasteiger partial charge in [-0.15, -0.1) is 5.10 Å². The molecule has 96 valence electrons. The smallest absolute Gasteiger partial charge is 0.185 e. The summed E-state index contributed by atoms with van der Waals surface area (Å²) in [6.45, 7) is 0. The Labute approximate surface area is 115 Å². The zero-order chi connectivity index (χ0) is 14.2. The van der Waals surface area contributed by atoms with Crippen molar-refractivity contribution in [1.29, 1.82) is 10.9 Å². The minimum atomic E-state index is 0.592. The molecule has 2 rings (SSSR count). The molecule has 0 aromatic carbocycles. The Morgan fingerprint density at radius 3 is 1.80 bits per heavy atom. The van der Waals surface area contributed by atoms with E-state index >= 15 is 0 Å². The first-order valence-corrected chi connectivity index (χ1v) is 5.82. The molecule has 0 heterocycles. The summed E-state index contributed by atoms with van der Waals surface area (Å²) in [5, 5.41) is 21.2. The van der Waals surface area contributed by atoms with Crippen molar-refractivity contribution in [2.24, 2.45) is 15.4 Å². The lowest BCUT2D eigenvalue weighted by Crippen LogP contribution is -1.93. The molecule has 0 saturated carbocycles. The maximum atomic E-state index is 8.32. The summed E-state index contributed by atoms with van der Waals surface area (Å²) in [6.07, 6.45) is 18.6. The lowest BCUT2D eigenvalue weighted by molar-refractivity contribution is 0.992. The minimum Gasteiger partial charge on any atom is -0.185 e. The molecule has 2 aliphatic rings. The van der Waals surface area contributed by atoms with Gasteiger partial charge in [-0.2, -0.15) is 5.53 Å². The van der Waals surface area contributed by atoms with Crippen molar-refractivity contribution in [1.82, 2.24) is 0 Å². The fraction of sp³-hybridized carbons (Fsp3) is 0. The van der Waals surface area contributed by atoms with E-state index in [1.165, 1.54) is 0 Å². The van der Waals surface area contributed by atoms with Gasteiger partial charge in [0.15, 0.2) is 10.8 Å². The van der Waals surface area contributed by atoms with E-state index in [1.54, 1.807) is 24.3 Å². The molecule has 20 heavy (non-hydrogen) atoms. The number of hydrogen-bond acceptors (Lipinski definition) is 4. The molecule has 0 aromatic rings. The highest BCUT2D eigenvalue weighted by molar-refractivity contribution is 6.06. The highest BCUT2D eigenvalue weighted by Crippen LogP contribution is 2.11. The molecule has 2 aliphatic carbocycles. The van der Waals surface area contributed by atoms with Gasteiger partial charge >= 0.3 is 5.08 Å². The Hall–Kier alpha value is -3.20. The van der Waals surface area contributed by atoms with Crippen molar-refractivity contribution in [2.45, 2.75) is 0 Å². The molecule has 6 nitrogen and oxygen atoms in total. The van der Waals surface area contributed by atoms with Gasteiger partial charge in [-0.05, 0) is 35.5 Å². The largest absolute Gasteiger partial charge is 0.339 e. The summed E-state index contributed by atoms with van der Waals surface area (Å²) in [5.41, 5.74) is 9.92. The van der Waals surface area contributed by atoms with E-state index in [9.17, 15) is 0 Å². The molecule has 0 unspecified atom stereocenters. The first-order chi connectivity index (χ1) is 9.81. The Morgan fingerprint density at radius 1 is 0.850 bits per heavy atom. The molecule has 6 heteroatoms. The molecule has 1 N–H and O–H groups in total. The van der Waals surface area contributed by atoms with Crippen LogP contribution in [0.3, 0.4) is 0 Å². The average Bonchev–Trinajstić information content (AvgIpc) is 2.49. The van der Waals surface area contributed by atoms with E-state index in [0.29, 0.717) is 11.4 Å². The zero-order valence-corrected chi connectivity index (χ0v) is 10.5. The van der Waals surface area contributed by atoms with E-state index in [2.05, 4.69) is 20.5 Å². The van der Waals surface area contributed by atoms with Crippen LogP contribution in [0.2, 0.25) is 0 Å². The van der Waals surface area contributed by atoms with Gasteiger partial charge in [0.25, 0.3) is 5.39 Å². The van der Waals surface area contributed by atoms with Gasteiger partial charge < -0.3 is 0 Å². The first kappa shape index (κ1) is 13.2. The molecule has 0 aromatic heterocycles. The van der Waals surface area contributed by atoms with E-state index in [1.807, 2.05) is 36.5 Å². The van der Waals surface area contributed by atoms with Crippen LogP contribution in [0, 0.1) is 10.9 Å². The van der Waals surface area contributed by atoms with Crippen LogP contribution in [-0.4, -0.2) is 11.4 Å². The van der Waals surface area contributed by atoms with Crippen LogP contribution in [0.15, 0.2) is 87.3 Å². The summed E-state index contributed by atoms with van der Waals surface area (Å²) in [5.74, 6) is 0. The Kier molecular flexibility index (Phi) is 4.41. The third-order valence-electron chi connectivity index (χ3n) is 2.58. The predicted octanol–water partition coefficient (Wildman–Crippen LogP) is 3.69. The lowest BCUT2D eigenvalue weighted by atomic mass is 10.0. The predicted molar refractivity (Wildman–Crippen MR) is 77.8 cm³/mol. The lowest BCUT2D eigenvalue weighted by Gasteiger charge is -2.01. The van der Waals surface area contributed by atoms with Gasteiger partial charge in [0.1, 0.15) is 0 Å². The van der Waals surface area contributed by atoms with Crippen LogP contribution in [0.4, 0.5) is 0 Å². The normalized spacial score (nSPS) is 15.9. The first-order valence-electron chi connectivity index (χ1n) is 5.82. The molecule has 0 aliphatic heterocycles. The molecular weight excluding hydrogens is 252 g/mol. The van der Waals surface area contributed by atoms with Gasteiger partial charge in [0.05, 0.1) is 5.71 Å². The summed E-state index contributed by atoms with van der Waals surface area (Å²) in [4.78, 5) is 0. The topological polar surface area (TPSA) is 89.1 Å². The van der Waals surface area contributed by atoms with Crippen LogP contribution < -0.4 is 0 Å². The molecule has 0 saturated heterocycles. The standard InChI is InChI=1S/C14H11N6/c15-19-17-13-7-3-11(4-8-13)1-2-12-5-9-14(10-6-12)18-20-16/h1-10,15H/q+1. The molecule has 0 bridgehead atoms. The van der Waals surface area contributed by atoms with Gasteiger partial charge in [0, 0.05) is 0 Å².